The molecule has 0 aliphatic heterocycles. The fourth-order valence-electron chi connectivity index (χ4n) is 7.22. The average molecular weight is 666 g/mol. The van der Waals surface area contributed by atoms with Crippen LogP contribution >= 0.6 is 0 Å². The Hall–Kier alpha value is -7.36. The molecule has 0 spiro atoms. The fourth-order valence-corrected chi connectivity index (χ4v) is 7.22. The quantitative estimate of drug-likeness (QED) is 0.183. The standard InChI is InChI=1S/C46H27N5O/c47-28-29-20-25-38-39-17-9-16-35(43(39)52-42(38)26-29)34-13-8-12-33(27-34)30-21-23-32(24-22-30)45-48-44(31-10-2-1-3-11-31)49-46(50-45)51-40-18-6-4-14-36(40)37-15-5-7-19-41(37)51/h1-27H. The summed E-state index contributed by atoms with van der Waals surface area (Å²) in [4.78, 5) is 15.1. The number of nitrogens with zero attached hydrogens (tertiary/aromatic N) is 5. The van der Waals surface area contributed by atoms with Crippen molar-refractivity contribution in [1.82, 2.24) is 19.5 Å². The molecule has 10 rings (SSSR count). The van der Waals surface area contributed by atoms with Gasteiger partial charge in [-0.2, -0.15) is 15.2 Å². The lowest BCUT2D eigenvalue weighted by Gasteiger charge is -2.11. The molecule has 0 saturated heterocycles. The molecule has 52 heavy (non-hydrogen) atoms. The van der Waals surface area contributed by atoms with E-state index in [1.165, 1.54) is 0 Å². The molecular formula is C46H27N5O. The van der Waals surface area contributed by atoms with Gasteiger partial charge in [-0.1, -0.05) is 127 Å². The first kappa shape index (κ1) is 29.5. The molecule has 0 unspecified atom stereocenters. The molecule has 10 aromatic rings. The van der Waals surface area contributed by atoms with E-state index >= 15 is 0 Å². The molecule has 7 aromatic carbocycles. The molecule has 0 aliphatic carbocycles. The van der Waals surface area contributed by atoms with Crippen LogP contribution in [0.5, 0.6) is 0 Å². The molecule has 6 nitrogen and oxygen atoms in total. The van der Waals surface area contributed by atoms with E-state index in [2.05, 4.69) is 114 Å². The summed E-state index contributed by atoms with van der Waals surface area (Å²) in [6, 6.07) is 57.7. The van der Waals surface area contributed by atoms with Gasteiger partial charge in [0, 0.05) is 38.2 Å². The number of fused-ring (bicyclic) bond motifs is 6. The second-order valence-electron chi connectivity index (χ2n) is 12.8. The van der Waals surface area contributed by atoms with Crippen molar-refractivity contribution in [2.24, 2.45) is 0 Å². The van der Waals surface area contributed by atoms with E-state index in [9.17, 15) is 5.26 Å². The molecule has 3 heterocycles. The van der Waals surface area contributed by atoms with E-state index in [-0.39, 0.29) is 0 Å². The minimum atomic E-state index is 0.571. The highest BCUT2D eigenvalue weighted by Crippen LogP contribution is 2.38. The van der Waals surface area contributed by atoms with Crippen molar-refractivity contribution < 1.29 is 4.42 Å². The maximum atomic E-state index is 9.40. The van der Waals surface area contributed by atoms with Gasteiger partial charge >= 0.3 is 0 Å². The van der Waals surface area contributed by atoms with Gasteiger partial charge in [-0.15, -0.1) is 0 Å². The Balaban J connectivity index is 1.06. The predicted molar refractivity (Wildman–Crippen MR) is 208 cm³/mol. The van der Waals surface area contributed by atoms with Crippen LogP contribution in [-0.4, -0.2) is 19.5 Å². The highest BCUT2D eigenvalue weighted by Gasteiger charge is 2.18. The van der Waals surface area contributed by atoms with Crippen LogP contribution < -0.4 is 0 Å². The third-order valence-electron chi connectivity index (χ3n) is 9.71. The molecule has 0 aliphatic rings. The first-order valence-corrected chi connectivity index (χ1v) is 17.1. The Morgan fingerprint density at radius 2 is 1.06 bits per heavy atom. The van der Waals surface area contributed by atoms with E-state index in [0.29, 0.717) is 28.7 Å². The van der Waals surface area contributed by atoms with Crippen molar-refractivity contribution in [2.75, 3.05) is 0 Å². The van der Waals surface area contributed by atoms with Gasteiger partial charge in [-0.05, 0) is 53.1 Å². The lowest BCUT2D eigenvalue weighted by Crippen LogP contribution is -2.06. The van der Waals surface area contributed by atoms with Gasteiger partial charge in [0.25, 0.3) is 0 Å². The van der Waals surface area contributed by atoms with Crippen LogP contribution in [0.15, 0.2) is 168 Å². The van der Waals surface area contributed by atoms with E-state index in [1.807, 2.05) is 54.6 Å². The smallest absolute Gasteiger partial charge is 0.238 e. The molecule has 0 atom stereocenters. The van der Waals surface area contributed by atoms with Crippen LogP contribution in [0.4, 0.5) is 0 Å². The molecule has 3 aromatic heterocycles. The number of nitriles is 1. The first-order chi connectivity index (χ1) is 25.7. The van der Waals surface area contributed by atoms with Gasteiger partial charge in [-0.3, -0.25) is 4.57 Å². The molecule has 0 saturated carbocycles. The van der Waals surface area contributed by atoms with E-state index in [1.54, 1.807) is 6.07 Å². The number of benzene rings is 7. The van der Waals surface area contributed by atoms with Gasteiger partial charge in [0.15, 0.2) is 11.6 Å². The molecule has 242 valence electrons. The van der Waals surface area contributed by atoms with Crippen LogP contribution in [0, 0.1) is 11.3 Å². The zero-order valence-electron chi connectivity index (χ0n) is 27.7. The number of hydrogen-bond donors (Lipinski definition) is 0. The van der Waals surface area contributed by atoms with E-state index in [4.69, 9.17) is 19.4 Å². The van der Waals surface area contributed by atoms with Crippen LogP contribution in [0.1, 0.15) is 5.56 Å². The van der Waals surface area contributed by atoms with Crippen LogP contribution in [0.25, 0.3) is 94.7 Å². The van der Waals surface area contributed by atoms with Crippen molar-refractivity contribution >= 4 is 43.7 Å². The summed E-state index contributed by atoms with van der Waals surface area (Å²) in [6.45, 7) is 0. The second kappa shape index (κ2) is 11.9. The Bertz CT molecular complexity index is 2970. The normalized spacial score (nSPS) is 11.4. The van der Waals surface area contributed by atoms with Gasteiger partial charge in [0.1, 0.15) is 11.2 Å². The van der Waals surface area contributed by atoms with E-state index in [0.717, 1.165) is 71.5 Å². The van der Waals surface area contributed by atoms with Crippen LogP contribution in [0.3, 0.4) is 0 Å². The monoisotopic (exact) mass is 665 g/mol. The number of rotatable bonds is 5. The molecule has 6 heteroatoms. The first-order valence-electron chi connectivity index (χ1n) is 17.1. The summed E-state index contributed by atoms with van der Waals surface area (Å²) in [5.41, 5.74) is 10.2. The largest absolute Gasteiger partial charge is 0.455 e. The fraction of sp³-hybridized carbons (Fsp3) is 0. The zero-order chi connectivity index (χ0) is 34.6. The molecule has 0 radical (unpaired) electrons. The van der Waals surface area contributed by atoms with Gasteiger partial charge in [0.05, 0.1) is 22.7 Å². The summed E-state index contributed by atoms with van der Waals surface area (Å²) >= 11 is 0. The Morgan fingerprint density at radius 3 is 1.79 bits per heavy atom. The number of para-hydroxylation sites is 3. The van der Waals surface area contributed by atoms with Crippen molar-refractivity contribution in [3.05, 3.63) is 169 Å². The Labute approximate surface area is 298 Å². The highest BCUT2D eigenvalue weighted by molar-refractivity contribution is 6.10. The topological polar surface area (TPSA) is 80.5 Å². The van der Waals surface area contributed by atoms with Crippen molar-refractivity contribution in [2.45, 2.75) is 0 Å². The van der Waals surface area contributed by atoms with E-state index < -0.39 is 0 Å². The summed E-state index contributed by atoms with van der Waals surface area (Å²) in [7, 11) is 0. The summed E-state index contributed by atoms with van der Waals surface area (Å²) < 4.78 is 8.48. The zero-order valence-corrected chi connectivity index (χ0v) is 27.7. The second-order valence-corrected chi connectivity index (χ2v) is 12.8. The SMILES string of the molecule is N#Cc1ccc2c(c1)oc1c(-c3cccc(-c4ccc(-c5nc(-c6ccccc6)nc(-n6c7ccccc7c7ccccc76)n5)cc4)c3)cccc12. The maximum absolute atomic E-state index is 9.40. The average Bonchev–Trinajstić information content (AvgIpc) is 3.76. The van der Waals surface area contributed by atoms with Crippen molar-refractivity contribution in [3.63, 3.8) is 0 Å². The Morgan fingerprint density at radius 1 is 0.462 bits per heavy atom. The summed E-state index contributed by atoms with van der Waals surface area (Å²) in [5.74, 6) is 1.78. The minimum Gasteiger partial charge on any atom is -0.455 e. The lowest BCUT2D eigenvalue weighted by atomic mass is 9.97. The number of hydrogen-bond acceptors (Lipinski definition) is 5. The molecule has 0 fully saturated rings. The van der Waals surface area contributed by atoms with Crippen LogP contribution in [0.2, 0.25) is 0 Å². The third kappa shape index (κ3) is 4.84. The van der Waals surface area contributed by atoms with Gasteiger partial charge in [-0.25, -0.2) is 4.98 Å². The lowest BCUT2D eigenvalue weighted by molar-refractivity contribution is 0.670. The number of furan rings is 1. The van der Waals surface area contributed by atoms with Gasteiger partial charge in [0.2, 0.25) is 5.95 Å². The maximum Gasteiger partial charge on any atom is 0.238 e. The summed E-state index contributed by atoms with van der Waals surface area (Å²) in [5, 5.41) is 13.7. The van der Waals surface area contributed by atoms with Crippen LogP contribution in [-0.2, 0) is 0 Å². The molecular weight excluding hydrogens is 639 g/mol. The third-order valence-corrected chi connectivity index (χ3v) is 9.71. The Kier molecular flexibility index (Phi) is 6.76. The highest BCUT2D eigenvalue weighted by atomic mass is 16.3. The molecule has 0 N–H and O–H groups in total. The van der Waals surface area contributed by atoms with Crippen molar-refractivity contribution in [1.29, 1.82) is 5.26 Å². The van der Waals surface area contributed by atoms with Crippen molar-refractivity contribution in [3.8, 4) is 57.0 Å². The number of aromatic nitrogens is 4. The van der Waals surface area contributed by atoms with Gasteiger partial charge < -0.3 is 4.42 Å². The predicted octanol–water partition coefficient (Wildman–Crippen LogP) is 11.4. The molecule has 0 amide bonds. The minimum absolute atomic E-state index is 0.571. The molecule has 0 bridgehead atoms. The summed E-state index contributed by atoms with van der Waals surface area (Å²) in [6.07, 6.45) is 0.